The molecule has 0 radical (unpaired) electrons. The van der Waals surface area contributed by atoms with Gasteiger partial charge in [-0.2, -0.15) is 13.2 Å². The van der Waals surface area contributed by atoms with Gasteiger partial charge in [-0.15, -0.1) is 0 Å². The number of halogens is 4. The van der Waals surface area contributed by atoms with Crippen LogP contribution in [0.25, 0.3) is 10.9 Å². The second-order valence-corrected chi connectivity index (χ2v) is 9.65. The predicted octanol–water partition coefficient (Wildman–Crippen LogP) is 5.36. The molecule has 2 aromatic carbocycles. The molecule has 178 valence electrons. The van der Waals surface area contributed by atoms with E-state index in [4.69, 9.17) is 5.11 Å². The average molecular weight is 474 g/mol. The number of hydrogen-bond acceptors (Lipinski definition) is 2. The fraction of sp³-hybridized carbons (Fsp3) is 0.360. The first-order valence-electron chi connectivity index (χ1n) is 11.0. The first kappa shape index (κ1) is 22.4. The van der Waals surface area contributed by atoms with Gasteiger partial charge in [-0.05, 0) is 67.0 Å². The fourth-order valence-electron chi connectivity index (χ4n) is 5.84. The first-order chi connectivity index (χ1) is 16.0. The summed E-state index contributed by atoms with van der Waals surface area (Å²) in [7, 11) is 0. The number of alkyl halides is 3. The first-order valence-corrected chi connectivity index (χ1v) is 11.0. The number of rotatable bonds is 6. The van der Waals surface area contributed by atoms with Crippen molar-refractivity contribution in [1.29, 1.82) is 0 Å². The minimum atomic E-state index is -4.43. The highest BCUT2D eigenvalue weighted by molar-refractivity contribution is 6.06. The van der Waals surface area contributed by atoms with E-state index in [0.717, 1.165) is 18.6 Å². The molecule has 0 saturated heterocycles. The normalized spacial score (nSPS) is 23.6. The third kappa shape index (κ3) is 3.82. The zero-order valence-electron chi connectivity index (χ0n) is 18.1. The number of carboxylic acids is 1. The maximum Gasteiger partial charge on any atom is 0.416 e. The summed E-state index contributed by atoms with van der Waals surface area (Å²) in [5, 5.41) is 12.5. The predicted molar refractivity (Wildman–Crippen MR) is 116 cm³/mol. The largest absolute Gasteiger partial charge is 0.481 e. The Balaban J connectivity index is 1.41. The minimum absolute atomic E-state index is 0.0847. The summed E-state index contributed by atoms with van der Waals surface area (Å²) in [4.78, 5) is 24.4. The zero-order valence-corrected chi connectivity index (χ0v) is 18.1. The van der Waals surface area contributed by atoms with Gasteiger partial charge in [0, 0.05) is 23.7 Å². The molecule has 0 spiro atoms. The second-order valence-electron chi connectivity index (χ2n) is 9.65. The molecule has 3 aromatic rings. The maximum atomic E-state index is 14.5. The summed E-state index contributed by atoms with van der Waals surface area (Å²) in [5.74, 6) is -1.72. The quantitative estimate of drug-likeness (QED) is 0.472. The Hall–Kier alpha value is -3.36. The van der Waals surface area contributed by atoms with E-state index in [1.165, 1.54) is 24.3 Å². The van der Waals surface area contributed by atoms with Gasteiger partial charge in [0.05, 0.1) is 23.1 Å². The molecule has 0 atom stereocenters. The summed E-state index contributed by atoms with van der Waals surface area (Å²) >= 11 is 0. The van der Waals surface area contributed by atoms with Crippen LogP contribution >= 0.6 is 0 Å². The van der Waals surface area contributed by atoms with Crippen molar-refractivity contribution < 1.29 is 32.3 Å². The van der Waals surface area contributed by atoms with Crippen LogP contribution in [0.5, 0.6) is 0 Å². The van der Waals surface area contributed by atoms with Crippen molar-refractivity contribution in [1.82, 2.24) is 9.88 Å². The Morgan fingerprint density at radius 3 is 2.38 bits per heavy atom. The lowest BCUT2D eigenvalue weighted by Gasteiger charge is -2.47. The molecule has 1 heterocycles. The molecule has 0 aliphatic heterocycles. The molecule has 2 N–H and O–H groups in total. The van der Waals surface area contributed by atoms with E-state index in [2.05, 4.69) is 5.32 Å². The lowest BCUT2D eigenvalue weighted by molar-refractivity contribution is -0.141. The Morgan fingerprint density at radius 2 is 1.74 bits per heavy atom. The van der Waals surface area contributed by atoms with Crippen LogP contribution in [0.4, 0.5) is 17.6 Å². The van der Waals surface area contributed by atoms with Crippen molar-refractivity contribution in [2.24, 2.45) is 5.41 Å². The fourth-order valence-corrected chi connectivity index (χ4v) is 5.84. The SMILES string of the molecule is O=C(O)CC12CCC(NC(=O)c3ccc(F)c4ccn(Cc5ccc(C(F)(F)F)cc5)c34)(C1)C2. The summed E-state index contributed by atoms with van der Waals surface area (Å²) < 4.78 is 54.7. The van der Waals surface area contributed by atoms with Gasteiger partial charge in [-0.1, -0.05) is 12.1 Å². The Kier molecular flexibility index (Phi) is 5.00. The second kappa shape index (κ2) is 7.58. The minimum Gasteiger partial charge on any atom is -0.481 e. The summed E-state index contributed by atoms with van der Waals surface area (Å²) in [6, 6.07) is 8.89. The van der Waals surface area contributed by atoms with Gasteiger partial charge in [-0.3, -0.25) is 9.59 Å². The number of amides is 1. The molecule has 0 unspecified atom stereocenters. The number of aromatic nitrogens is 1. The van der Waals surface area contributed by atoms with Crippen LogP contribution < -0.4 is 5.32 Å². The summed E-state index contributed by atoms with van der Waals surface area (Å²) in [6.45, 7) is 0.165. The van der Waals surface area contributed by atoms with Crippen molar-refractivity contribution in [3.63, 3.8) is 0 Å². The number of benzene rings is 2. The van der Waals surface area contributed by atoms with Crippen molar-refractivity contribution >= 4 is 22.8 Å². The van der Waals surface area contributed by atoms with E-state index in [1.807, 2.05) is 0 Å². The van der Waals surface area contributed by atoms with Crippen LogP contribution in [-0.2, 0) is 17.5 Å². The van der Waals surface area contributed by atoms with E-state index in [9.17, 15) is 27.2 Å². The third-order valence-electron chi connectivity index (χ3n) is 7.22. The number of carbonyl (C=O) groups is 2. The number of nitrogens with zero attached hydrogens (tertiary/aromatic N) is 1. The van der Waals surface area contributed by atoms with Crippen LogP contribution in [0.15, 0.2) is 48.7 Å². The van der Waals surface area contributed by atoms with Crippen LogP contribution in [0.1, 0.15) is 53.6 Å². The number of hydrogen-bond donors (Lipinski definition) is 2. The maximum absolute atomic E-state index is 14.5. The molecule has 5 nitrogen and oxygen atoms in total. The molecular formula is C25H22F4N2O3. The molecule has 3 aliphatic carbocycles. The van der Waals surface area contributed by atoms with Crippen LogP contribution in [0.2, 0.25) is 0 Å². The van der Waals surface area contributed by atoms with Crippen molar-refractivity contribution in [2.45, 2.75) is 50.4 Å². The van der Waals surface area contributed by atoms with E-state index in [0.29, 0.717) is 30.3 Å². The number of nitrogens with one attached hydrogen (secondary N) is 1. The number of carboxylic acid groups (broad SMARTS) is 1. The molecule has 3 fully saturated rings. The molecule has 3 saturated carbocycles. The highest BCUT2D eigenvalue weighted by Gasteiger charge is 2.61. The average Bonchev–Trinajstić information content (AvgIpc) is 3.40. The van der Waals surface area contributed by atoms with Crippen LogP contribution in [0, 0.1) is 11.2 Å². The lowest BCUT2D eigenvalue weighted by atomic mass is 9.63. The Morgan fingerprint density at radius 1 is 1.03 bits per heavy atom. The Labute approximate surface area is 192 Å². The molecule has 34 heavy (non-hydrogen) atoms. The van der Waals surface area contributed by atoms with E-state index >= 15 is 0 Å². The topological polar surface area (TPSA) is 71.3 Å². The molecule has 2 bridgehead atoms. The van der Waals surface area contributed by atoms with Crippen LogP contribution in [-0.4, -0.2) is 27.1 Å². The van der Waals surface area contributed by atoms with Crippen molar-refractivity contribution in [3.05, 3.63) is 71.2 Å². The van der Waals surface area contributed by atoms with Gasteiger partial charge < -0.3 is 15.0 Å². The molecule has 6 rings (SSSR count). The van der Waals surface area contributed by atoms with Gasteiger partial charge in [0.1, 0.15) is 5.82 Å². The van der Waals surface area contributed by atoms with Gasteiger partial charge in [0.25, 0.3) is 5.91 Å². The van der Waals surface area contributed by atoms with Crippen molar-refractivity contribution in [3.8, 4) is 0 Å². The summed E-state index contributed by atoms with van der Waals surface area (Å²) in [6.07, 6.45) is -0.0928. The summed E-state index contributed by atoms with van der Waals surface area (Å²) in [5.41, 5.74) is -0.255. The number of carbonyl (C=O) groups excluding carboxylic acids is 1. The monoisotopic (exact) mass is 474 g/mol. The highest BCUT2D eigenvalue weighted by Crippen LogP contribution is 2.63. The van der Waals surface area contributed by atoms with Crippen LogP contribution in [0.3, 0.4) is 0 Å². The van der Waals surface area contributed by atoms with E-state index < -0.39 is 29.1 Å². The highest BCUT2D eigenvalue weighted by atomic mass is 19.4. The lowest BCUT2D eigenvalue weighted by Crippen LogP contribution is -2.56. The Bertz CT molecular complexity index is 1290. The third-order valence-corrected chi connectivity index (χ3v) is 7.22. The van der Waals surface area contributed by atoms with Gasteiger partial charge in [0.2, 0.25) is 0 Å². The van der Waals surface area contributed by atoms with Gasteiger partial charge in [-0.25, -0.2) is 4.39 Å². The molecule has 1 amide bonds. The standard InChI is InChI=1S/C25H22F4N2O3/c26-19-6-5-18(22(34)30-24-9-8-23(13-24,14-24)11-20(32)33)21-17(19)7-10-31(21)12-15-1-3-16(4-2-15)25(27,28)29/h1-7,10H,8-9,11-14H2,(H,30,34)(H,32,33). The smallest absolute Gasteiger partial charge is 0.416 e. The molecular weight excluding hydrogens is 452 g/mol. The zero-order chi connectivity index (χ0) is 24.3. The molecule has 9 heteroatoms. The molecule has 1 aromatic heterocycles. The van der Waals surface area contributed by atoms with Crippen molar-refractivity contribution in [2.75, 3.05) is 0 Å². The number of aliphatic carboxylic acids is 1. The number of fused-ring (bicyclic) bond motifs is 2. The molecule has 3 aliphatic rings. The van der Waals surface area contributed by atoms with Gasteiger partial charge in [0.15, 0.2) is 0 Å². The van der Waals surface area contributed by atoms with E-state index in [1.54, 1.807) is 16.8 Å². The van der Waals surface area contributed by atoms with Gasteiger partial charge >= 0.3 is 12.1 Å². The van der Waals surface area contributed by atoms with E-state index in [-0.39, 0.29) is 35.2 Å².